The summed E-state index contributed by atoms with van der Waals surface area (Å²) in [5, 5.41) is 3.22. The van der Waals surface area contributed by atoms with E-state index in [4.69, 9.17) is 0 Å². The first kappa shape index (κ1) is 12.5. The van der Waals surface area contributed by atoms with Crippen molar-refractivity contribution < 1.29 is 0 Å². The molecule has 1 N–H and O–H groups in total. The lowest BCUT2D eigenvalue weighted by atomic mass is 10.1. The molecule has 3 rings (SSSR count). The van der Waals surface area contributed by atoms with Crippen LogP contribution in [0.5, 0.6) is 0 Å². The van der Waals surface area contributed by atoms with Gasteiger partial charge in [0, 0.05) is 18.4 Å². The van der Waals surface area contributed by atoms with E-state index in [9.17, 15) is 0 Å². The van der Waals surface area contributed by atoms with Crippen molar-refractivity contribution in [3.63, 3.8) is 0 Å². The first-order valence-electron chi connectivity index (χ1n) is 6.69. The van der Waals surface area contributed by atoms with Gasteiger partial charge in [0.15, 0.2) is 0 Å². The minimum absolute atomic E-state index is 0.610. The molecular weight excluding hydrogens is 212 g/mol. The molecule has 2 aliphatic rings. The molecule has 1 unspecified atom stereocenters. The largest absolute Gasteiger partial charge is 0.317 e. The van der Waals surface area contributed by atoms with Crippen LogP contribution in [-0.2, 0) is 0 Å². The molecule has 1 aromatic heterocycles. The quantitative estimate of drug-likeness (QED) is 0.809. The SMILES string of the molecule is C1C[14CH2]NC1.CN1CCCC1c1cccnc1. The van der Waals surface area contributed by atoms with Gasteiger partial charge in [0.1, 0.15) is 0 Å². The highest BCUT2D eigenvalue weighted by Gasteiger charge is 2.21. The summed E-state index contributed by atoms with van der Waals surface area (Å²) >= 11 is 0. The van der Waals surface area contributed by atoms with E-state index in [2.05, 4.69) is 28.3 Å². The molecule has 2 saturated heterocycles. The van der Waals surface area contributed by atoms with E-state index in [0.717, 1.165) is 0 Å². The number of likely N-dealkylation sites (tertiary alicyclic amines) is 1. The molecule has 0 saturated carbocycles. The number of hydrogen-bond acceptors (Lipinski definition) is 3. The summed E-state index contributed by atoms with van der Waals surface area (Å²) in [6.45, 7) is 3.72. The fraction of sp³-hybridized carbons (Fsp3) is 0.643. The van der Waals surface area contributed by atoms with Crippen LogP contribution in [0.25, 0.3) is 0 Å². The van der Waals surface area contributed by atoms with Crippen LogP contribution in [0, 0.1) is 0 Å². The highest BCUT2D eigenvalue weighted by molar-refractivity contribution is 5.14. The number of hydrogen-bond donors (Lipinski definition) is 1. The van der Waals surface area contributed by atoms with Gasteiger partial charge in [0.25, 0.3) is 0 Å². The summed E-state index contributed by atoms with van der Waals surface area (Å²) in [6.07, 6.45) is 9.18. The number of rotatable bonds is 1. The van der Waals surface area contributed by atoms with E-state index in [1.807, 2.05) is 18.5 Å². The van der Waals surface area contributed by atoms with Crippen molar-refractivity contribution in [2.24, 2.45) is 0 Å². The van der Waals surface area contributed by atoms with Crippen LogP contribution in [0.15, 0.2) is 24.5 Å². The summed E-state index contributed by atoms with van der Waals surface area (Å²) < 4.78 is 0. The summed E-state index contributed by atoms with van der Waals surface area (Å²) in [7, 11) is 2.19. The summed E-state index contributed by atoms with van der Waals surface area (Å²) in [5.41, 5.74) is 1.36. The molecule has 3 heteroatoms. The van der Waals surface area contributed by atoms with Gasteiger partial charge in [0.2, 0.25) is 0 Å². The van der Waals surface area contributed by atoms with Crippen LogP contribution in [0.4, 0.5) is 0 Å². The number of aromatic nitrogens is 1. The van der Waals surface area contributed by atoms with Gasteiger partial charge in [-0.2, -0.15) is 0 Å². The molecule has 1 atom stereocenters. The third-order valence-corrected chi connectivity index (χ3v) is 3.55. The maximum atomic E-state index is 4.14. The summed E-state index contributed by atoms with van der Waals surface area (Å²) in [5.74, 6) is 0. The van der Waals surface area contributed by atoms with Crippen molar-refractivity contribution in [2.45, 2.75) is 31.7 Å². The minimum atomic E-state index is 0.610. The summed E-state index contributed by atoms with van der Waals surface area (Å²) in [4.78, 5) is 6.54. The number of nitrogens with one attached hydrogen (secondary N) is 1. The highest BCUT2D eigenvalue weighted by Crippen LogP contribution is 2.29. The molecule has 3 nitrogen and oxygen atoms in total. The average molecular weight is 235 g/mol. The second kappa shape index (κ2) is 6.72. The molecule has 0 aromatic carbocycles. The second-order valence-electron chi connectivity index (χ2n) is 4.88. The van der Waals surface area contributed by atoms with Crippen LogP contribution in [0.3, 0.4) is 0 Å². The van der Waals surface area contributed by atoms with Crippen molar-refractivity contribution in [3.05, 3.63) is 30.1 Å². The molecule has 3 heterocycles. The van der Waals surface area contributed by atoms with Gasteiger partial charge in [0.05, 0.1) is 0 Å². The lowest BCUT2D eigenvalue weighted by Gasteiger charge is -2.18. The van der Waals surface area contributed by atoms with Gasteiger partial charge in [-0.1, -0.05) is 6.07 Å². The molecule has 0 amide bonds. The minimum Gasteiger partial charge on any atom is -0.317 e. The Morgan fingerprint density at radius 2 is 2.41 bits per heavy atom. The van der Waals surface area contributed by atoms with E-state index < -0.39 is 0 Å². The van der Waals surface area contributed by atoms with Crippen LogP contribution in [0.2, 0.25) is 0 Å². The second-order valence-corrected chi connectivity index (χ2v) is 4.88. The maximum Gasteiger partial charge on any atom is 0.0360 e. The molecule has 17 heavy (non-hydrogen) atoms. The normalized spacial score (nSPS) is 24.4. The summed E-state index contributed by atoms with van der Waals surface area (Å²) in [6, 6.07) is 4.79. The topological polar surface area (TPSA) is 28.2 Å². The van der Waals surface area contributed by atoms with Gasteiger partial charge in [-0.15, -0.1) is 0 Å². The van der Waals surface area contributed by atoms with Crippen LogP contribution in [0.1, 0.15) is 37.3 Å². The standard InChI is InChI=1S/C10H14N2.C4H9N/c1-12-7-3-5-10(12)9-4-2-6-11-8-9;1-2-4-5-3-1/h2,4,6,8,10H,3,5,7H2,1H3;5H,1-4H2/i;3+2. The fourth-order valence-corrected chi connectivity index (χ4v) is 2.53. The van der Waals surface area contributed by atoms with Gasteiger partial charge < -0.3 is 5.32 Å². The highest BCUT2D eigenvalue weighted by atomic mass is 15.4. The maximum absolute atomic E-state index is 4.14. The van der Waals surface area contributed by atoms with Crippen LogP contribution in [-0.4, -0.2) is 36.6 Å². The van der Waals surface area contributed by atoms with E-state index in [1.165, 1.54) is 50.9 Å². The van der Waals surface area contributed by atoms with Crippen molar-refractivity contribution in [3.8, 4) is 0 Å². The average Bonchev–Trinajstić information content (AvgIpc) is 3.03. The van der Waals surface area contributed by atoms with E-state index in [-0.39, 0.29) is 0 Å². The Bertz CT molecular complexity index is 301. The Morgan fingerprint density at radius 3 is 2.88 bits per heavy atom. The monoisotopic (exact) mass is 235 g/mol. The molecule has 0 bridgehead atoms. The third-order valence-electron chi connectivity index (χ3n) is 3.55. The molecule has 0 radical (unpaired) electrons. The first-order chi connectivity index (χ1) is 8.38. The van der Waals surface area contributed by atoms with Crippen molar-refractivity contribution in [1.29, 1.82) is 0 Å². The van der Waals surface area contributed by atoms with Gasteiger partial charge in [-0.3, -0.25) is 9.88 Å². The Balaban J connectivity index is 0.000000181. The van der Waals surface area contributed by atoms with E-state index in [0.29, 0.717) is 6.04 Å². The molecular formula is C14H23N3. The van der Waals surface area contributed by atoms with Gasteiger partial charge >= 0.3 is 0 Å². The van der Waals surface area contributed by atoms with E-state index >= 15 is 0 Å². The van der Waals surface area contributed by atoms with E-state index in [1.54, 1.807) is 0 Å². The Labute approximate surface area is 104 Å². The Kier molecular flexibility index (Phi) is 4.95. The Morgan fingerprint density at radius 1 is 1.47 bits per heavy atom. The van der Waals surface area contributed by atoms with Crippen molar-refractivity contribution >= 4 is 0 Å². The molecule has 0 aliphatic carbocycles. The van der Waals surface area contributed by atoms with Crippen molar-refractivity contribution in [2.75, 3.05) is 26.7 Å². The smallest absolute Gasteiger partial charge is 0.0360 e. The molecule has 1 aromatic rings. The molecule has 94 valence electrons. The number of nitrogens with zero attached hydrogens (tertiary/aromatic N) is 2. The van der Waals surface area contributed by atoms with Crippen molar-refractivity contribution in [1.82, 2.24) is 15.2 Å². The zero-order chi connectivity index (χ0) is 11.9. The predicted octanol–water partition coefficient (Wildman–Crippen LogP) is 2.22. The lowest BCUT2D eigenvalue weighted by Crippen LogP contribution is -2.17. The van der Waals surface area contributed by atoms with Crippen LogP contribution < -0.4 is 5.32 Å². The third kappa shape index (κ3) is 3.79. The zero-order valence-electron chi connectivity index (χ0n) is 10.7. The lowest BCUT2D eigenvalue weighted by molar-refractivity contribution is 0.317. The first-order valence-corrected chi connectivity index (χ1v) is 6.69. The molecule has 2 aliphatic heterocycles. The number of pyridine rings is 1. The fourth-order valence-electron chi connectivity index (χ4n) is 2.53. The molecule has 2 fully saturated rings. The Hall–Kier alpha value is -0.930. The zero-order valence-corrected chi connectivity index (χ0v) is 10.7. The predicted molar refractivity (Wildman–Crippen MR) is 70.9 cm³/mol. The van der Waals surface area contributed by atoms with Gasteiger partial charge in [-0.25, -0.2) is 0 Å². The van der Waals surface area contributed by atoms with Gasteiger partial charge in [-0.05, 0) is 64.0 Å². The van der Waals surface area contributed by atoms with Crippen LogP contribution >= 0.6 is 0 Å². The molecule has 0 spiro atoms.